The molecule has 2 aliphatic heterocycles. The van der Waals surface area contributed by atoms with Gasteiger partial charge in [-0.25, -0.2) is 0 Å². The average Bonchev–Trinajstić information content (AvgIpc) is 2.73. The van der Waals surface area contributed by atoms with Crippen molar-refractivity contribution < 1.29 is 9.72 Å². The van der Waals surface area contributed by atoms with Crippen molar-refractivity contribution in [2.45, 2.75) is 19.0 Å². The van der Waals surface area contributed by atoms with Gasteiger partial charge in [-0.15, -0.1) is 0 Å². The molecule has 20 heavy (non-hydrogen) atoms. The fraction of sp³-hybridized carbons (Fsp3) is 0.500. The SMILES string of the molecule is CN1CC2CCN(C(=O)c3ccccc3[N+](=O)[O-])C1C2. The largest absolute Gasteiger partial charge is 0.323 e. The third-order valence-electron chi connectivity index (χ3n) is 4.33. The topological polar surface area (TPSA) is 66.7 Å². The van der Waals surface area contributed by atoms with E-state index in [4.69, 9.17) is 0 Å². The van der Waals surface area contributed by atoms with E-state index in [2.05, 4.69) is 4.90 Å². The minimum atomic E-state index is -0.488. The first kappa shape index (κ1) is 13.1. The molecule has 0 N–H and O–H groups in total. The van der Waals surface area contributed by atoms with Crippen LogP contribution in [0.5, 0.6) is 0 Å². The molecule has 1 amide bonds. The van der Waals surface area contributed by atoms with Crippen LogP contribution in [0.25, 0.3) is 0 Å². The molecule has 0 radical (unpaired) electrons. The Kier molecular flexibility index (Phi) is 3.17. The van der Waals surface area contributed by atoms with Gasteiger partial charge >= 0.3 is 0 Å². The van der Waals surface area contributed by atoms with Crippen molar-refractivity contribution >= 4 is 11.6 Å². The fourth-order valence-corrected chi connectivity index (χ4v) is 3.33. The molecule has 6 heteroatoms. The Morgan fingerprint density at radius 3 is 2.90 bits per heavy atom. The van der Waals surface area contributed by atoms with Crippen molar-refractivity contribution in [1.29, 1.82) is 0 Å². The molecule has 3 rings (SSSR count). The van der Waals surface area contributed by atoms with Gasteiger partial charge < -0.3 is 4.90 Å². The summed E-state index contributed by atoms with van der Waals surface area (Å²) in [7, 11) is 2.01. The summed E-state index contributed by atoms with van der Waals surface area (Å²) in [5, 5.41) is 11.1. The first-order chi connectivity index (χ1) is 9.58. The quantitative estimate of drug-likeness (QED) is 0.609. The number of benzene rings is 1. The lowest BCUT2D eigenvalue weighted by Crippen LogP contribution is -2.47. The molecule has 2 fully saturated rings. The second-order valence-electron chi connectivity index (χ2n) is 5.58. The lowest BCUT2D eigenvalue weighted by atomic mass is 9.98. The molecule has 1 aromatic rings. The van der Waals surface area contributed by atoms with Gasteiger partial charge in [0.25, 0.3) is 11.6 Å². The smallest absolute Gasteiger partial charge is 0.282 e. The van der Waals surface area contributed by atoms with Crippen molar-refractivity contribution in [2.75, 3.05) is 20.1 Å². The number of nitro benzene ring substituents is 1. The summed E-state index contributed by atoms with van der Waals surface area (Å²) in [5.41, 5.74) is 0.0801. The first-order valence-corrected chi connectivity index (χ1v) is 6.82. The number of amides is 1. The maximum Gasteiger partial charge on any atom is 0.282 e. The number of carbonyl (C=O) groups is 1. The predicted molar refractivity (Wildman–Crippen MR) is 73.3 cm³/mol. The third kappa shape index (κ3) is 2.06. The van der Waals surface area contributed by atoms with Crippen molar-refractivity contribution in [3.8, 4) is 0 Å². The summed E-state index contributed by atoms with van der Waals surface area (Å²) in [4.78, 5) is 27.2. The van der Waals surface area contributed by atoms with Crippen LogP contribution in [0.15, 0.2) is 24.3 Å². The minimum absolute atomic E-state index is 0.0843. The van der Waals surface area contributed by atoms with Crippen LogP contribution >= 0.6 is 0 Å². The summed E-state index contributed by atoms with van der Waals surface area (Å²) in [6.45, 7) is 1.69. The predicted octanol–water partition coefficient (Wildman–Crippen LogP) is 1.72. The molecule has 2 heterocycles. The molecule has 2 bridgehead atoms. The number of piperidine rings is 1. The van der Waals surface area contributed by atoms with Crippen molar-refractivity contribution in [3.63, 3.8) is 0 Å². The number of hydrogen-bond donors (Lipinski definition) is 0. The van der Waals surface area contributed by atoms with Crippen LogP contribution in [-0.4, -0.2) is 46.9 Å². The summed E-state index contributed by atoms with van der Waals surface area (Å²) in [6.07, 6.45) is 2.04. The highest BCUT2D eigenvalue weighted by Gasteiger charge is 2.41. The van der Waals surface area contributed by atoms with Gasteiger partial charge in [0.05, 0.1) is 11.1 Å². The van der Waals surface area contributed by atoms with Crippen LogP contribution in [0, 0.1) is 16.0 Å². The number of rotatable bonds is 2. The highest BCUT2D eigenvalue weighted by Crippen LogP contribution is 2.34. The van der Waals surface area contributed by atoms with Crippen molar-refractivity contribution in [3.05, 3.63) is 39.9 Å². The summed E-state index contributed by atoms with van der Waals surface area (Å²) < 4.78 is 0. The summed E-state index contributed by atoms with van der Waals surface area (Å²) in [5.74, 6) is 0.425. The molecule has 2 saturated heterocycles. The highest BCUT2D eigenvalue weighted by atomic mass is 16.6. The molecule has 0 saturated carbocycles. The van der Waals surface area contributed by atoms with Crippen LogP contribution < -0.4 is 0 Å². The Balaban J connectivity index is 1.91. The van der Waals surface area contributed by atoms with E-state index < -0.39 is 4.92 Å². The Morgan fingerprint density at radius 2 is 2.15 bits per heavy atom. The van der Waals surface area contributed by atoms with Crippen molar-refractivity contribution in [1.82, 2.24) is 9.80 Å². The number of fused-ring (bicyclic) bond motifs is 2. The van der Waals surface area contributed by atoms with E-state index in [9.17, 15) is 14.9 Å². The highest BCUT2D eigenvalue weighted by molar-refractivity contribution is 5.98. The van der Waals surface area contributed by atoms with Gasteiger partial charge in [0.2, 0.25) is 0 Å². The molecule has 106 valence electrons. The molecule has 0 aromatic heterocycles. The van der Waals surface area contributed by atoms with Crippen LogP contribution in [0.1, 0.15) is 23.2 Å². The van der Waals surface area contributed by atoms with E-state index in [0.717, 1.165) is 19.4 Å². The zero-order valence-electron chi connectivity index (χ0n) is 11.4. The maximum atomic E-state index is 12.7. The van der Waals surface area contributed by atoms with E-state index in [1.807, 2.05) is 7.05 Å². The fourth-order valence-electron chi connectivity index (χ4n) is 3.33. The maximum absolute atomic E-state index is 12.7. The van der Waals surface area contributed by atoms with Gasteiger partial charge in [-0.3, -0.25) is 19.8 Å². The van der Waals surface area contributed by atoms with Gasteiger partial charge in [-0.1, -0.05) is 12.1 Å². The third-order valence-corrected chi connectivity index (χ3v) is 4.33. The molecule has 2 unspecified atom stereocenters. The van der Waals surface area contributed by atoms with Gasteiger partial charge in [-0.05, 0) is 31.9 Å². The van der Waals surface area contributed by atoms with Crippen molar-refractivity contribution in [2.24, 2.45) is 5.92 Å². The van der Waals surface area contributed by atoms with Gasteiger partial charge in [0.1, 0.15) is 5.56 Å². The van der Waals surface area contributed by atoms with Crippen LogP contribution in [0.3, 0.4) is 0 Å². The Hall–Kier alpha value is -1.95. The van der Waals surface area contributed by atoms with Crippen LogP contribution in [0.4, 0.5) is 5.69 Å². The van der Waals surface area contributed by atoms with Gasteiger partial charge in [-0.2, -0.15) is 0 Å². The molecule has 2 aliphatic rings. The Labute approximate surface area is 117 Å². The zero-order chi connectivity index (χ0) is 14.3. The standard InChI is InChI=1S/C14H17N3O3/c1-15-9-10-6-7-16(13(15)8-10)14(18)11-4-2-3-5-12(11)17(19)20/h2-5,10,13H,6-9H2,1H3. The number of nitrogens with zero attached hydrogens (tertiary/aromatic N) is 3. The molecular formula is C14H17N3O3. The van der Waals surface area contributed by atoms with E-state index >= 15 is 0 Å². The van der Waals surface area contributed by atoms with Crippen LogP contribution in [-0.2, 0) is 0 Å². The Morgan fingerprint density at radius 1 is 1.40 bits per heavy atom. The Bertz CT molecular complexity index is 560. The average molecular weight is 275 g/mol. The minimum Gasteiger partial charge on any atom is -0.323 e. The molecular weight excluding hydrogens is 258 g/mol. The van der Waals surface area contributed by atoms with E-state index in [1.165, 1.54) is 6.07 Å². The summed E-state index contributed by atoms with van der Waals surface area (Å²) >= 11 is 0. The molecule has 0 aliphatic carbocycles. The monoisotopic (exact) mass is 275 g/mol. The van der Waals surface area contributed by atoms with Gasteiger partial charge in [0.15, 0.2) is 0 Å². The molecule has 2 atom stereocenters. The second-order valence-corrected chi connectivity index (χ2v) is 5.58. The second kappa shape index (κ2) is 4.86. The van der Waals surface area contributed by atoms with Crippen LogP contribution in [0.2, 0.25) is 0 Å². The van der Waals surface area contributed by atoms with E-state index in [1.54, 1.807) is 23.1 Å². The van der Waals surface area contributed by atoms with Gasteiger partial charge in [0, 0.05) is 19.2 Å². The molecule has 0 spiro atoms. The van der Waals surface area contributed by atoms with E-state index in [-0.39, 0.29) is 23.3 Å². The lowest BCUT2D eigenvalue weighted by Gasteiger charge is -2.35. The summed E-state index contributed by atoms with van der Waals surface area (Å²) in [6, 6.07) is 6.19. The van der Waals surface area contributed by atoms with E-state index in [0.29, 0.717) is 12.5 Å². The number of nitro groups is 1. The normalized spacial score (nSPS) is 25.8. The number of hydrogen-bond acceptors (Lipinski definition) is 4. The number of para-hydroxylation sites is 1. The number of likely N-dealkylation sites (tertiary alicyclic amines) is 2. The zero-order valence-corrected chi connectivity index (χ0v) is 11.4. The molecule has 6 nitrogen and oxygen atoms in total. The molecule has 1 aromatic carbocycles. The first-order valence-electron chi connectivity index (χ1n) is 6.82. The number of carbonyl (C=O) groups excluding carboxylic acids is 1. The lowest BCUT2D eigenvalue weighted by molar-refractivity contribution is -0.385.